The summed E-state index contributed by atoms with van der Waals surface area (Å²) < 4.78 is 11.2. The van der Waals surface area contributed by atoms with Crippen molar-refractivity contribution in [3.05, 3.63) is 46.2 Å². The van der Waals surface area contributed by atoms with Gasteiger partial charge in [-0.15, -0.1) is 11.3 Å². The van der Waals surface area contributed by atoms with Gasteiger partial charge < -0.3 is 9.47 Å². The molecule has 2 nitrogen and oxygen atoms in total. The van der Waals surface area contributed by atoms with E-state index in [1.807, 2.05) is 0 Å². The van der Waals surface area contributed by atoms with E-state index in [2.05, 4.69) is 58.6 Å². The van der Waals surface area contributed by atoms with Crippen LogP contribution in [0.15, 0.2) is 35.7 Å². The maximum Gasteiger partial charge on any atom is 0.193 e. The van der Waals surface area contributed by atoms with Crippen molar-refractivity contribution in [2.24, 2.45) is 0 Å². The van der Waals surface area contributed by atoms with Gasteiger partial charge >= 0.3 is 0 Å². The van der Waals surface area contributed by atoms with Crippen molar-refractivity contribution in [3.8, 4) is 11.1 Å². The first kappa shape index (κ1) is 13.3. The molecular formula is C15H15BrO2S. The van der Waals surface area contributed by atoms with Crippen LogP contribution >= 0.6 is 27.3 Å². The van der Waals surface area contributed by atoms with Gasteiger partial charge in [-0.2, -0.15) is 0 Å². The summed E-state index contributed by atoms with van der Waals surface area (Å²) in [5.74, 6) is 0. The van der Waals surface area contributed by atoms with E-state index in [9.17, 15) is 0 Å². The summed E-state index contributed by atoms with van der Waals surface area (Å²) in [5, 5.41) is 2.09. The summed E-state index contributed by atoms with van der Waals surface area (Å²) in [7, 11) is 0. The van der Waals surface area contributed by atoms with Crippen LogP contribution in [0.3, 0.4) is 0 Å². The van der Waals surface area contributed by atoms with Crippen molar-refractivity contribution >= 4 is 27.3 Å². The minimum Gasteiger partial charge on any atom is -0.345 e. The first-order chi connectivity index (χ1) is 9.25. The Hall–Kier alpha value is -0.680. The van der Waals surface area contributed by atoms with Crippen molar-refractivity contribution in [1.29, 1.82) is 0 Å². The highest BCUT2D eigenvalue weighted by Crippen LogP contribution is 2.37. The molecule has 1 atom stereocenters. The highest BCUT2D eigenvalue weighted by atomic mass is 79.9. The third kappa shape index (κ3) is 2.77. The zero-order valence-electron chi connectivity index (χ0n) is 10.6. The largest absolute Gasteiger partial charge is 0.345 e. The fraction of sp³-hybridized carbons (Fsp3) is 0.333. The topological polar surface area (TPSA) is 18.5 Å². The quantitative estimate of drug-likeness (QED) is 0.739. The normalized spacial score (nSPS) is 17.8. The molecule has 1 aromatic heterocycles. The zero-order chi connectivity index (χ0) is 13.2. The van der Waals surface area contributed by atoms with E-state index >= 15 is 0 Å². The molecule has 1 aromatic carbocycles. The summed E-state index contributed by atoms with van der Waals surface area (Å²) >= 11 is 5.28. The Bertz CT molecular complexity index is 542. The molecule has 1 unspecified atom stereocenters. The monoisotopic (exact) mass is 338 g/mol. The average molecular weight is 339 g/mol. The van der Waals surface area contributed by atoms with Gasteiger partial charge in [0, 0.05) is 10.4 Å². The third-order valence-corrected chi connectivity index (χ3v) is 4.68. The summed E-state index contributed by atoms with van der Waals surface area (Å²) in [5.41, 5.74) is 3.71. The van der Waals surface area contributed by atoms with E-state index in [1.54, 1.807) is 11.3 Å². The van der Waals surface area contributed by atoms with E-state index in [0.717, 1.165) is 4.88 Å². The van der Waals surface area contributed by atoms with Gasteiger partial charge in [0.05, 0.1) is 18.1 Å². The van der Waals surface area contributed by atoms with Crippen LogP contribution in [-0.4, -0.2) is 13.2 Å². The fourth-order valence-electron chi connectivity index (χ4n) is 2.18. The second-order valence-electron chi connectivity index (χ2n) is 4.51. The SMILES string of the molecule is CC(Br)c1ccc(-c2ccsc2C2OCCO2)cc1. The van der Waals surface area contributed by atoms with E-state index in [4.69, 9.17) is 9.47 Å². The van der Waals surface area contributed by atoms with Crippen molar-refractivity contribution in [2.75, 3.05) is 13.2 Å². The number of rotatable bonds is 3. The predicted molar refractivity (Wildman–Crippen MR) is 81.7 cm³/mol. The lowest BCUT2D eigenvalue weighted by Crippen LogP contribution is -1.96. The number of hydrogen-bond donors (Lipinski definition) is 0. The van der Waals surface area contributed by atoms with Gasteiger partial charge in [0.2, 0.25) is 0 Å². The molecule has 0 amide bonds. The first-order valence-electron chi connectivity index (χ1n) is 6.30. The smallest absolute Gasteiger partial charge is 0.193 e. The molecule has 2 heterocycles. The fourth-order valence-corrected chi connectivity index (χ4v) is 3.40. The molecule has 100 valence electrons. The van der Waals surface area contributed by atoms with Gasteiger partial charge in [-0.3, -0.25) is 0 Å². The lowest BCUT2D eigenvalue weighted by molar-refractivity contribution is -0.0409. The van der Waals surface area contributed by atoms with E-state index in [0.29, 0.717) is 18.0 Å². The third-order valence-electron chi connectivity index (χ3n) is 3.21. The maximum atomic E-state index is 5.60. The number of alkyl halides is 1. The number of thiophene rings is 1. The van der Waals surface area contributed by atoms with Crippen LogP contribution in [0.1, 0.15) is 28.5 Å². The van der Waals surface area contributed by atoms with E-state index in [1.165, 1.54) is 16.7 Å². The molecule has 1 saturated heterocycles. The molecule has 4 heteroatoms. The Kier molecular flexibility index (Phi) is 4.03. The summed E-state index contributed by atoms with van der Waals surface area (Å²) in [6.07, 6.45) is -0.190. The Morgan fingerprint density at radius 3 is 2.47 bits per heavy atom. The lowest BCUT2D eigenvalue weighted by atomic mass is 10.0. The predicted octanol–water partition coefficient (Wildman–Crippen LogP) is 4.92. The number of benzene rings is 1. The van der Waals surface area contributed by atoms with Crippen LogP contribution in [0.2, 0.25) is 0 Å². The standard InChI is InChI=1S/C15H15BrO2S/c1-10(16)11-2-4-12(5-3-11)13-6-9-19-14(13)15-17-7-8-18-15/h2-6,9-10,15H,7-8H2,1H3. The molecule has 19 heavy (non-hydrogen) atoms. The van der Waals surface area contributed by atoms with E-state index < -0.39 is 0 Å². The Labute approximate surface area is 125 Å². The lowest BCUT2D eigenvalue weighted by Gasteiger charge is -2.11. The number of halogens is 1. The number of hydrogen-bond acceptors (Lipinski definition) is 3. The Morgan fingerprint density at radius 1 is 1.16 bits per heavy atom. The molecule has 1 aliphatic rings. The van der Waals surface area contributed by atoms with Crippen molar-refractivity contribution in [3.63, 3.8) is 0 Å². The van der Waals surface area contributed by atoms with Gasteiger partial charge in [-0.1, -0.05) is 40.2 Å². The highest BCUT2D eigenvalue weighted by Gasteiger charge is 2.23. The van der Waals surface area contributed by atoms with Crippen LogP contribution in [0.5, 0.6) is 0 Å². The van der Waals surface area contributed by atoms with Crippen LogP contribution in [0, 0.1) is 0 Å². The summed E-state index contributed by atoms with van der Waals surface area (Å²) in [4.78, 5) is 1.54. The minimum atomic E-state index is -0.190. The Balaban J connectivity index is 1.91. The van der Waals surface area contributed by atoms with E-state index in [-0.39, 0.29) is 6.29 Å². The molecule has 0 spiro atoms. The van der Waals surface area contributed by atoms with Crippen molar-refractivity contribution in [2.45, 2.75) is 18.0 Å². The molecular weight excluding hydrogens is 324 g/mol. The molecule has 0 radical (unpaired) electrons. The van der Waals surface area contributed by atoms with Crippen LogP contribution in [0.25, 0.3) is 11.1 Å². The molecule has 0 aliphatic carbocycles. The van der Waals surface area contributed by atoms with Gasteiger partial charge in [0.25, 0.3) is 0 Å². The average Bonchev–Trinajstić information content (AvgIpc) is 3.09. The summed E-state index contributed by atoms with van der Waals surface area (Å²) in [6.45, 7) is 3.50. The first-order valence-corrected chi connectivity index (χ1v) is 8.10. The Morgan fingerprint density at radius 2 is 1.84 bits per heavy atom. The molecule has 0 N–H and O–H groups in total. The molecule has 3 rings (SSSR count). The van der Waals surface area contributed by atoms with Gasteiger partial charge in [0.15, 0.2) is 6.29 Å². The summed E-state index contributed by atoms with van der Waals surface area (Å²) in [6, 6.07) is 10.8. The zero-order valence-corrected chi connectivity index (χ0v) is 13.0. The molecule has 0 saturated carbocycles. The van der Waals surface area contributed by atoms with Crippen LogP contribution in [-0.2, 0) is 9.47 Å². The second kappa shape index (κ2) is 5.75. The maximum absolute atomic E-state index is 5.60. The minimum absolute atomic E-state index is 0.190. The van der Waals surface area contributed by atoms with Crippen molar-refractivity contribution < 1.29 is 9.47 Å². The van der Waals surface area contributed by atoms with Gasteiger partial charge in [-0.05, 0) is 29.5 Å². The molecule has 2 aromatic rings. The second-order valence-corrected chi connectivity index (χ2v) is 6.83. The van der Waals surface area contributed by atoms with Gasteiger partial charge in [0.1, 0.15) is 0 Å². The highest BCUT2D eigenvalue weighted by molar-refractivity contribution is 9.09. The molecule has 1 fully saturated rings. The molecule has 1 aliphatic heterocycles. The van der Waals surface area contributed by atoms with Crippen molar-refractivity contribution in [1.82, 2.24) is 0 Å². The van der Waals surface area contributed by atoms with Gasteiger partial charge in [-0.25, -0.2) is 0 Å². The van der Waals surface area contributed by atoms with Crippen LogP contribution in [0.4, 0.5) is 0 Å². The number of ether oxygens (including phenoxy) is 2. The van der Waals surface area contributed by atoms with Crippen LogP contribution < -0.4 is 0 Å². The molecule has 0 bridgehead atoms.